The maximum atomic E-state index is 11.8. The lowest BCUT2D eigenvalue weighted by molar-refractivity contribution is -0.114. The summed E-state index contributed by atoms with van der Waals surface area (Å²) in [6.07, 6.45) is 0. The third-order valence-corrected chi connectivity index (χ3v) is 2.85. The summed E-state index contributed by atoms with van der Waals surface area (Å²) in [5.74, 6) is 1.15. The smallest absolute Gasteiger partial charge is 0.243 e. The molecular formula is C14H17N3O2. The van der Waals surface area contributed by atoms with Gasteiger partial charge in [0.25, 0.3) is 0 Å². The first-order valence-electron chi connectivity index (χ1n) is 6.09. The summed E-state index contributed by atoms with van der Waals surface area (Å²) >= 11 is 0. The van der Waals surface area contributed by atoms with Gasteiger partial charge < -0.3 is 15.2 Å². The summed E-state index contributed by atoms with van der Waals surface area (Å²) in [5.41, 5.74) is 3.15. The maximum Gasteiger partial charge on any atom is 0.243 e. The fourth-order valence-corrected chi connectivity index (χ4v) is 1.64. The van der Waals surface area contributed by atoms with Gasteiger partial charge in [-0.1, -0.05) is 11.2 Å². The molecule has 0 aliphatic carbocycles. The van der Waals surface area contributed by atoms with Gasteiger partial charge in [0, 0.05) is 11.8 Å². The zero-order valence-electron chi connectivity index (χ0n) is 11.3. The SMILES string of the molecule is Cc1cc(NCC(=O)Nc2ccc(C)c(C)c2)no1. The molecule has 0 fully saturated rings. The largest absolute Gasteiger partial charge is 0.360 e. The number of carbonyl (C=O) groups is 1. The average Bonchev–Trinajstić information content (AvgIpc) is 2.77. The molecule has 0 atom stereocenters. The Kier molecular flexibility index (Phi) is 3.85. The molecule has 0 aliphatic rings. The Bertz CT molecular complexity index is 590. The number of aromatic nitrogens is 1. The van der Waals surface area contributed by atoms with Crippen molar-refractivity contribution in [3.05, 3.63) is 41.2 Å². The van der Waals surface area contributed by atoms with E-state index in [9.17, 15) is 4.79 Å². The van der Waals surface area contributed by atoms with Crippen LogP contribution in [-0.4, -0.2) is 17.6 Å². The van der Waals surface area contributed by atoms with Crippen molar-refractivity contribution < 1.29 is 9.32 Å². The van der Waals surface area contributed by atoms with Gasteiger partial charge in [0.05, 0.1) is 6.54 Å². The minimum atomic E-state index is -0.121. The monoisotopic (exact) mass is 259 g/mol. The highest BCUT2D eigenvalue weighted by Gasteiger charge is 2.05. The fraction of sp³-hybridized carbons (Fsp3) is 0.286. The lowest BCUT2D eigenvalue weighted by Gasteiger charge is -2.07. The lowest BCUT2D eigenvalue weighted by Crippen LogP contribution is -2.21. The van der Waals surface area contributed by atoms with Crippen molar-refractivity contribution in [1.29, 1.82) is 0 Å². The molecule has 1 aromatic heterocycles. The first-order chi connectivity index (χ1) is 9.04. The Balaban J connectivity index is 1.88. The topological polar surface area (TPSA) is 67.2 Å². The molecule has 2 aromatic rings. The van der Waals surface area contributed by atoms with Crippen LogP contribution in [0.4, 0.5) is 11.5 Å². The number of aryl methyl sites for hydroxylation is 3. The van der Waals surface area contributed by atoms with E-state index < -0.39 is 0 Å². The highest BCUT2D eigenvalue weighted by atomic mass is 16.5. The number of benzene rings is 1. The van der Waals surface area contributed by atoms with Gasteiger partial charge in [-0.15, -0.1) is 0 Å². The number of amides is 1. The summed E-state index contributed by atoms with van der Waals surface area (Å²) in [6.45, 7) is 6.00. The quantitative estimate of drug-likeness (QED) is 0.885. The van der Waals surface area contributed by atoms with E-state index in [4.69, 9.17) is 4.52 Å². The minimum Gasteiger partial charge on any atom is -0.360 e. The molecule has 2 rings (SSSR count). The summed E-state index contributed by atoms with van der Waals surface area (Å²) in [4.78, 5) is 11.8. The zero-order chi connectivity index (χ0) is 13.8. The molecule has 1 heterocycles. The molecule has 100 valence electrons. The van der Waals surface area contributed by atoms with Crippen LogP contribution in [0.25, 0.3) is 0 Å². The van der Waals surface area contributed by atoms with Gasteiger partial charge in [0.1, 0.15) is 5.76 Å². The normalized spacial score (nSPS) is 10.3. The molecule has 19 heavy (non-hydrogen) atoms. The van der Waals surface area contributed by atoms with Gasteiger partial charge in [-0.3, -0.25) is 4.79 Å². The number of rotatable bonds is 4. The third kappa shape index (κ3) is 3.58. The van der Waals surface area contributed by atoms with Crippen LogP contribution in [0, 0.1) is 20.8 Å². The Hall–Kier alpha value is -2.30. The van der Waals surface area contributed by atoms with Gasteiger partial charge in [-0.05, 0) is 44.0 Å². The molecule has 5 nitrogen and oxygen atoms in total. The molecule has 1 aromatic carbocycles. The summed E-state index contributed by atoms with van der Waals surface area (Å²) in [6, 6.07) is 7.57. The van der Waals surface area contributed by atoms with Crippen molar-refractivity contribution in [2.45, 2.75) is 20.8 Å². The number of carbonyl (C=O) groups excluding carboxylic acids is 1. The summed E-state index contributed by atoms with van der Waals surface area (Å²) in [7, 11) is 0. The van der Waals surface area contributed by atoms with Gasteiger partial charge in [0.15, 0.2) is 5.82 Å². The van der Waals surface area contributed by atoms with Gasteiger partial charge in [-0.25, -0.2) is 0 Å². The number of hydrogen-bond acceptors (Lipinski definition) is 4. The van der Waals surface area contributed by atoms with Crippen LogP contribution in [-0.2, 0) is 4.79 Å². The number of nitrogens with zero attached hydrogens (tertiary/aromatic N) is 1. The second-order valence-corrected chi connectivity index (χ2v) is 4.52. The molecular weight excluding hydrogens is 242 g/mol. The van der Waals surface area contributed by atoms with Crippen LogP contribution in [0.2, 0.25) is 0 Å². The van der Waals surface area contributed by atoms with Crippen LogP contribution in [0.1, 0.15) is 16.9 Å². The van der Waals surface area contributed by atoms with E-state index in [2.05, 4.69) is 15.8 Å². The maximum absolute atomic E-state index is 11.8. The standard InChI is InChI=1S/C14H17N3O2/c1-9-4-5-12(6-10(9)2)16-14(18)8-15-13-7-11(3)19-17-13/h4-7H,8H2,1-3H3,(H,15,17)(H,16,18). The molecule has 0 saturated heterocycles. The molecule has 0 spiro atoms. The Morgan fingerprint density at radius 1 is 1.21 bits per heavy atom. The van der Waals surface area contributed by atoms with Crippen LogP contribution >= 0.6 is 0 Å². The van der Waals surface area contributed by atoms with Crippen LogP contribution in [0.5, 0.6) is 0 Å². The predicted molar refractivity (Wildman–Crippen MR) is 74.3 cm³/mol. The molecule has 0 aliphatic heterocycles. The van der Waals surface area contributed by atoms with E-state index in [-0.39, 0.29) is 12.5 Å². The molecule has 2 N–H and O–H groups in total. The van der Waals surface area contributed by atoms with Crippen LogP contribution in [0.3, 0.4) is 0 Å². The summed E-state index contributed by atoms with van der Waals surface area (Å²) in [5, 5.41) is 9.48. The van der Waals surface area contributed by atoms with E-state index in [0.29, 0.717) is 11.6 Å². The second kappa shape index (κ2) is 5.56. The highest BCUT2D eigenvalue weighted by Crippen LogP contribution is 2.14. The van der Waals surface area contributed by atoms with E-state index in [1.165, 1.54) is 5.56 Å². The number of anilines is 2. The molecule has 1 amide bonds. The fourth-order valence-electron chi connectivity index (χ4n) is 1.64. The van der Waals surface area contributed by atoms with Gasteiger partial charge in [-0.2, -0.15) is 0 Å². The van der Waals surface area contributed by atoms with Crippen molar-refractivity contribution in [2.75, 3.05) is 17.2 Å². The summed E-state index contributed by atoms with van der Waals surface area (Å²) < 4.78 is 4.90. The Morgan fingerprint density at radius 3 is 2.63 bits per heavy atom. The first kappa shape index (κ1) is 13.1. The first-order valence-corrected chi connectivity index (χ1v) is 6.09. The van der Waals surface area contributed by atoms with Crippen molar-refractivity contribution in [2.24, 2.45) is 0 Å². The van der Waals surface area contributed by atoms with E-state index in [1.807, 2.05) is 32.0 Å². The van der Waals surface area contributed by atoms with Crippen molar-refractivity contribution in [1.82, 2.24) is 5.16 Å². The molecule has 0 bridgehead atoms. The molecule has 0 unspecified atom stereocenters. The van der Waals surface area contributed by atoms with Gasteiger partial charge in [0.2, 0.25) is 5.91 Å². The van der Waals surface area contributed by atoms with Gasteiger partial charge >= 0.3 is 0 Å². The Labute approximate surface area is 112 Å². The van der Waals surface area contributed by atoms with Crippen molar-refractivity contribution in [3.8, 4) is 0 Å². The van der Waals surface area contributed by atoms with Crippen LogP contribution in [0.15, 0.2) is 28.8 Å². The predicted octanol–water partition coefficient (Wildman–Crippen LogP) is 2.65. The van der Waals surface area contributed by atoms with E-state index >= 15 is 0 Å². The molecule has 0 radical (unpaired) electrons. The highest BCUT2D eigenvalue weighted by molar-refractivity contribution is 5.93. The van der Waals surface area contributed by atoms with E-state index in [0.717, 1.165) is 11.3 Å². The zero-order valence-corrected chi connectivity index (χ0v) is 11.3. The van der Waals surface area contributed by atoms with Crippen molar-refractivity contribution in [3.63, 3.8) is 0 Å². The number of hydrogen-bond donors (Lipinski definition) is 2. The third-order valence-electron chi connectivity index (χ3n) is 2.85. The Morgan fingerprint density at radius 2 is 2.00 bits per heavy atom. The molecule has 5 heteroatoms. The average molecular weight is 259 g/mol. The lowest BCUT2D eigenvalue weighted by atomic mass is 10.1. The second-order valence-electron chi connectivity index (χ2n) is 4.52. The van der Waals surface area contributed by atoms with E-state index in [1.54, 1.807) is 13.0 Å². The number of nitrogens with one attached hydrogen (secondary N) is 2. The molecule has 0 saturated carbocycles. The van der Waals surface area contributed by atoms with Crippen molar-refractivity contribution >= 4 is 17.4 Å². The van der Waals surface area contributed by atoms with Crippen LogP contribution < -0.4 is 10.6 Å². The minimum absolute atomic E-state index is 0.121.